The highest BCUT2D eigenvalue weighted by Gasteiger charge is 2.54. The van der Waals surface area contributed by atoms with Gasteiger partial charge in [0.15, 0.2) is 0 Å². The normalized spacial score (nSPS) is 33.5. The summed E-state index contributed by atoms with van der Waals surface area (Å²) in [6.45, 7) is 3.30. The molecule has 4 aliphatic rings. The fourth-order valence-electron chi connectivity index (χ4n) is 6.46. The summed E-state index contributed by atoms with van der Waals surface area (Å²) in [4.78, 5) is 4.30. The molecule has 3 heteroatoms. The molecule has 1 aromatic heterocycles. The molecule has 4 saturated carbocycles. The topological polar surface area (TPSA) is 17.8 Å². The van der Waals surface area contributed by atoms with Crippen LogP contribution < -0.4 is 0 Å². The van der Waals surface area contributed by atoms with Crippen molar-refractivity contribution in [3.05, 3.63) is 54.1 Å². The lowest BCUT2D eigenvalue weighted by molar-refractivity contribution is -0.0553. The molecule has 0 saturated heterocycles. The summed E-state index contributed by atoms with van der Waals surface area (Å²) < 4.78 is 2.32. The lowest BCUT2D eigenvalue weighted by atomic mass is 9.48. The second-order valence-corrected chi connectivity index (χ2v) is 10.5. The Morgan fingerprint density at radius 3 is 2.31 bits per heavy atom. The molecule has 0 spiro atoms. The van der Waals surface area contributed by atoms with E-state index in [1.54, 1.807) is 0 Å². The third kappa shape index (κ3) is 3.24. The van der Waals surface area contributed by atoms with Crippen molar-refractivity contribution in [2.75, 3.05) is 0 Å². The van der Waals surface area contributed by atoms with E-state index in [-0.39, 0.29) is 0 Å². The summed E-state index contributed by atoms with van der Waals surface area (Å²) in [5.74, 6) is 4.20. The minimum absolute atomic E-state index is 0.578. The Bertz CT molecular complexity index is 699. The molecular weight excluding hydrogens is 336 g/mol. The fraction of sp³-hybridized carbons (Fsp3) is 0.609. The molecule has 6 rings (SSSR count). The van der Waals surface area contributed by atoms with E-state index in [1.807, 2.05) is 12.5 Å². The molecule has 0 radical (unpaired) electrons. The van der Waals surface area contributed by atoms with E-state index < -0.39 is 0 Å². The first-order valence-corrected chi connectivity index (χ1v) is 11.4. The molecular formula is C23H30N2S. The van der Waals surface area contributed by atoms with Gasteiger partial charge in [-0.05, 0) is 74.2 Å². The molecule has 1 aromatic carbocycles. The number of benzene rings is 1. The van der Waals surface area contributed by atoms with E-state index in [1.165, 1.54) is 49.7 Å². The molecule has 2 aromatic rings. The van der Waals surface area contributed by atoms with Crippen molar-refractivity contribution in [3.63, 3.8) is 0 Å². The Kier molecular flexibility index (Phi) is 4.39. The van der Waals surface area contributed by atoms with Gasteiger partial charge in [0.1, 0.15) is 0 Å². The van der Waals surface area contributed by atoms with Crippen molar-refractivity contribution in [2.24, 2.45) is 23.2 Å². The Balaban J connectivity index is 1.38. The number of nitrogens with zero attached hydrogens (tertiary/aromatic N) is 2. The van der Waals surface area contributed by atoms with Gasteiger partial charge >= 0.3 is 0 Å². The van der Waals surface area contributed by atoms with Gasteiger partial charge in [0, 0.05) is 29.9 Å². The molecule has 4 fully saturated rings. The molecule has 1 unspecified atom stereocenters. The summed E-state index contributed by atoms with van der Waals surface area (Å²) >= 11 is 2.22. The van der Waals surface area contributed by atoms with E-state index in [4.69, 9.17) is 0 Å². The van der Waals surface area contributed by atoms with Crippen molar-refractivity contribution in [1.82, 2.24) is 9.55 Å². The first-order valence-electron chi connectivity index (χ1n) is 10.3. The van der Waals surface area contributed by atoms with Crippen LogP contribution in [0.3, 0.4) is 0 Å². The van der Waals surface area contributed by atoms with Crippen molar-refractivity contribution < 1.29 is 0 Å². The van der Waals surface area contributed by atoms with Crippen LogP contribution in [0.15, 0.2) is 43.0 Å². The minimum atomic E-state index is 0.578. The number of imidazole rings is 1. The highest BCUT2D eigenvalue weighted by atomic mass is 32.2. The van der Waals surface area contributed by atoms with Crippen molar-refractivity contribution in [2.45, 2.75) is 63.0 Å². The highest BCUT2D eigenvalue weighted by Crippen LogP contribution is 2.63. The zero-order valence-electron chi connectivity index (χ0n) is 15.8. The molecule has 0 aliphatic heterocycles. The number of aryl methyl sites for hydroxylation is 1. The van der Waals surface area contributed by atoms with Gasteiger partial charge in [-0.2, -0.15) is 11.8 Å². The Morgan fingerprint density at radius 2 is 1.73 bits per heavy atom. The van der Waals surface area contributed by atoms with E-state index in [2.05, 4.69) is 58.7 Å². The first kappa shape index (κ1) is 16.9. The van der Waals surface area contributed by atoms with E-state index >= 15 is 0 Å². The van der Waals surface area contributed by atoms with Crippen LogP contribution in [-0.4, -0.2) is 14.8 Å². The zero-order valence-corrected chi connectivity index (χ0v) is 16.6. The maximum absolute atomic E-state index is 4.30. The number of aromatic nitrogens is 2. The summed E-state index contributed by atoms with van der Waals surface area (Å²) in [7, 11) is 0. The molecule has 0 N–H and O–H groups in total. The Hall–Kier alpha value is -1.22. The SMILES string of the molecule is Cc1ccc(CSC(Cn2ccnc2)C23CC4CC(CC(C4)C2)C3)cc1. The van der Waals surface area contributed by atoms with Gasteiger partial charge < -0.3 is 4.57 Å². The molecule has 4 aliphatic carbocycles. The minimum Gasteiger partial charge on any atom is -0.336 e. The van der Waals surface area contributed by atoms with Crippen LogP contribution in [-0.2, 0) is 12.3 Å². The second-order valence-electron chi connectivity index (χ2n) is 9.32. The third-order valence-electron chi connectivity index (χ3n) is 7.28. The van der Waals surface area contributed by atoms with Crippen molar-refractivity contribution >= 4 is 11.8 Å². The van der Waals surface area contributed by atoms with E-state index in [0.29, 0.717) is 10.7 Å². The number of thioether (sulfide) groups is 1. The summed E-state index contributed by atoms with van der Waals surface area (Å²) in [5, 5.41) is 0.714. The van der Waals surface area contributed by atoms with Crippen LogP contribution in [0.2, 0.25) is 0 Å². The number of rotatable bonds is 6. The Morgan fingerprint density at radius 1 is 1.08 bits per heavy atom. The van der Waals surface area contributed by atoms with Gasteiger partial charge in [0.25, 0.3) is 0 Å². The zero-order chi connectivity index (χ0) is 17.6. The maximum Gasteiger partial charge on any atom is 0.0946 e. The van der Waals surface area contributed by atoms with Gasteiger partial charge in [0.2, 0.25) is 0 Å². The second kappa shape index (κ2) is 6.74. The van der Waals surface area contributed by atoms with Gasteiger partial charge in [0.05, 0.1) is 6.33 Å². The number of hydrogen-bond acceptors (Lipinski definition) is 2. The monoisotopic (exact) mass is 366 g/mol. The van der Waals surface area contributed by atoms with Gasteiger partial charge in [-0.3, -0.25) is 0 Å². The third-order valence-corrected chi connectivity index (χ3v) is 8.83. The molecule has 2 nitrogen and oxygen atoms in total. The van der Waals surface area contributed by atoms with Crippen LogP contribution in [0.4, 0.5) is 0 Å². The number of hydrogen-bond donors (Lipinski definition) is 0. The van der Waals surface area contributed by atoms with Crippen LogP contribution in [0, 0.1) is 30.1 Å². The van der Waals surface area contributed by atoms with Crippen molar-refractivity contribution in [3.8, 4) is 0 Å². The molecule has 1 heterocycles. The quantitative estimate of drug-likeness (QED) is 0.651. The predicted octanol–water partition coefficient (Wildman–Crippen LogP) is 5.71. The smallest absolute Gasteiger partial charge is 0.0946 e. The average Bonchev–Trinajstić information content (AvgIpc) is 3.12. The Labute approximate surface area is 161 Å². The summed E-state index contributed by atoms with van der Waals surface area (Å²) in [6, 6.07) is 9.14. The molecule has 1 atom stereocenters. The maximum atomic E-state index is 4.30. The van der Waals surface area contributed by atoms with Crippen LogP contribution in [0.1, 0.15) is 49.7 Å². The standard InChI is InChI=1S/C23H30N2S/c1-17-2-4-18(5-3-17)15-26-22(14-25-7-6-24-16-25)23-11-19-8-20(12-23)10-21(9-19)13-23/h2-7,16,19-22H,8-15H2,1H3. The van der Waals surface area contributed by atoms with E-state index in [0.717, 1.165) is 30.1 Å². The van der Waals surface area contributed by atoms with Gasteiger partial charge in [-0.1, -0.05) is 29.8 Å². The largest absolute Gasteiger partial charge is 0.336 e. The predicted molar refractivity (Wildman–Crippen MR) is 109 cm³/mol. The highest BCUT2D eigenvalue weighted by molar-refractivity contribution is 7.99. The van der Waals surface area contributed by atoms with Crippen LogP contribution >= 0.6 is 11.8 Å². The average molecular weight is 367 g/mol. The molecule has 0 amide bonds. The van der Waals surface area contributed by atoms with Crippen LogP contribution in [0.25, 0.3) is 0 Å². The fourth-order valence-corrected chi connectivity index (χ4v) is 7.97. The molecule has 138 valence electrons. The molecule has 26 heavy (non-hydrogen) atoms. The summed E-state index contributed by atoms with van der Waals surface area (Å²) in [6.07, 6.45) is 15.1. The first-order chi connectivity index (χ1) is 12.7. The van der Waals surface area contributed by atoms with Gasteiger partial charge in [-0.15, -0.1) is 0 Å². The van der Waals surface area contributed by atoms with Gasteiger partial charge in [-0.25, -0.2) is 4.98 Å². The van der Waals surface area contributed by atoms with Crippen molar-refractivity contribution in [1.29, 1.82) is 0 Å². The molecule has 4 bridgehead atoms. The van der Waals surface area contributed by atoms with Crippen LogP contribution in [0.5, 0.6) is 0 Å². The lowest BCUT2D eigenvalue weighted by Gasteiger charge is -2.59. The van der Waals surface area contributed by atoms with E-state index in [9.17, 15) is 0 Å². The lowest BCUT2D eigenvalue weighted by Crippen LogP contribution is -2.51. The summed E-state index contributed by atoms with van der Waals surface area (Å²) in [5.41, 5.74) is 3.41.